The third-order valence-corrected chi connectivity index (χ3v) is 8.61. The van der Waals surface area contributed by atoms with E-state index in [0.29, 0.717) is 25.5 Å². The van der Waals surface area contributed by atoms with Gasteiger partial charge in [0.1, 0.15) is 24.3 Å². The molecule has 1 atom stereocenters. The smallest absolute Gasteiger partial charge is 0.245 e. The summed E-state index contributed by atoms with van der Waals surface area (Å²) in [6.45, 7) is 4.83. The number of hydrogen-bond acceptors (Lipinski definition) is 7. The van der Waals surface area contributed by atoms with Crippen molar-refractivity contribution in [2.45, 2.75) is 49.6 Å². The van der Waals surface area contributed by atoms with Crippen LogP contribution in [0.2, 0.25) is 0 Å². The predicted molar refractivity (Wildman–Crippen MR) is 144 cm³/mol. The molecule has 0 aromatic heterocycles. The second-order valence-electron chi connectivity index (χ2n) is 10.0. The molecule has 0 radical (unpaired) electrons. The average molecular weight is 541 g/mol. The number of ether oxygens (including phenoxy) is 1. The van der Waals surface area contributed by atoms with Crippen molar-refractivity contribution in [3.63, 3.8) is 0 Å². The van der Waals surface area contributed by atoms with Crippen LogP contribution in [0.1, 0.15) is 38.2 Å². The van der Waals surface area contributed by atoms with E-state index in [0.717, 1.165) is 56.1 Å². The molecule has 0 bridgehead atoms. The molecule has 2 fully saturated rings. The molecule has 2 aromatic rings. The van der Waals surface area contributed by atoms with Crippen LogP contribution in [0.4, 0.5) is 10.1 Å². The number of nitrogens with zero attached hydrogens (tertiary/aromatic N) is 3. The maximum absolute atomic E-state index is 14.5. The van der Waals surface area contributed by atoms with Crippen LogP contribution in [-0.4, -0.2) is 74.6 Å². The first-order chi connectivity index (χ1) is 18.2. The summed E-state index contributed by atoms with van der Waals surface area (Å²) in [5, 5.41) is 2.99. The lowest BCUT2D eigenvalue weighted by atomic mass is 10.0. The van der Waals surface area contributed by atoms with Gasteiger partial charge in [-0.1, -0.05) is 25.1 Å². The summed E-state index contributed by atoms with van der Waals surface area (Å²) in [4.78, 5) is 22.2. The lowest BCUT2D eigenvalue weighted by Gasteiger charge is -2.39. The molecule has 10 heteroatoms. The number of nitrogens with one attached hydrogen (secondary N) is 1. The summed E-state index contributed by atoms with van der Waals surface area (Å²) < 4.78 is 43.9. The van der Waals surface area contributed by atoms with E-state index < -0.39 is 21.7 Å². The highest BCUT2D eigenvalue weighted by Gasteiger charge is 2.38. The first kappa shape index (κ1) is 26.2. The Kier molecular flexibility index (Phi) is 7.43. The Bertz CT molecular complexity index is 1370. The number of rotatable bonds is 7. The minimum atomic E-state index is -3.50. The average Bonchev–Trinajstić information content (AvgIpc) is 3.29. The summed E-state index contributed by atoms with van der Waals surface area (Å²) in [5.41, 5.74) is 2.27. The van der Waals surface area contributed by atoms with Gasteiger partial charge < -0.3 is 19.9 Å². The molecule has 8 nitrogen and oxygen atoms in total. The maximum Gasteiger partial charge on any atom is 0.245 e. The van der Waals surface area contributed by atoms with Gasteiger partial charge in [0.2, 0.25) is 11.8 Å². The third kappa shape index (κ3) is 5.41. The fraction of sp³-hybridized carbons (Fsp3) is 0.429. The van der Waals surface area contributed by atoms with Crippen molar-refractivity contribution in [3.05, 3.63) is 71.3 Å². The Morgan fingerprint density at radius 1 is 1.08 bits per heavy atom. The molecule has 2 aromatic carbocycles. The van der Waals surface area contributed by atoms with Gasteiger partial charge in [-0.05, 0) is 56.0 Å². The summed E-state index contributed by atoms with van der Waals surface area (Å²) in [5.74, 6) is 0.898. The number of sulfone groups is 1. The number of hydrogen-bond donors (Lipinski definition) is 1. The predicted octanol–water partition coefficient (Wildman–Crippen LogP) is 3.81. The van der Waals surface area contributed by atoms with Crippen LogP contribution in [0.3, 0.4) is 0 Å². The SMILES string of the molecule is CCC1=C(N2CCC(N3CCC(Nc4ccc(S(C)(=O)=O)cc4F)C3=O)CC2)N=C(c2ccccc2)OC1. The molecule has 3 aliphatic heterocycles. The van der Waals surface area contributed by atoms with Gasteiger partial charge in [0.15, 0.2) is 9.84 Å². The highest BCUT2D eigenvalue weighted by molar-refractivity contribution is 7.90. The van der Waals surface area contributed by atoms with Gasteiger partial charge in [0.25, 0.3) is 0 Å². The van der Waals surface area contributed by atoms with E-state index in [9.17, 15) is 17.6 Å². The van der Waals surface area contributed by atoms with Crippen molar-refractivity contribution in [2.75, 3.05) is 37.8 Å². The zero-order valence-corrected chi connectivity index (χ0v) is 22.5. The summed E-state index contributed by atoms with van der Waals surface area (Å²) in [6.07, 6.45) is 4.12. The normalized spacial score (nSPS) is 21.0. The molecule has 0 saturated carbocycles. The highest BCUT2D eigenvalue weighted by atomic mass is 32.2. The van der Waals surface area contributed by atoms with Crippen LogP contribution in [0, 0.1) is 5.82 Å². The van der Waals surface area contributed by atoms with Crippen LogP contribution in [0.5, 0.6) is 0 Å². The Hall–Kier alpha value is -3.40. The van der Waals surface area contributed by atoms with Crippen LogP contribution in [0.25, 0.3) is 0 Å². The lowest BCUT2D eigenvalue weighted by molar-refractivity contribution is -0.131. The number of piperidine rings is 1. The molecule has 1 amide bonds. The minimum Gasteiger partial charge on any atom is -0.473 e. The standard InChI is InChI=1S/C28H33FN4O4S/c1-3-19-18-37-27(20-7-5-4-6-8-20)31-26(19)32-14-11-21(12-15-32)33-16-13-25(28(33)34)30-24-10-9-22(17-23(24)29)38(2,35)36/h4-10,17,21,25,30H,3,11-16,18H2,1-2H3. The third-order valence-electron chi connectivity index (χ3n) is 7.50. The van der Waals surface area contributed by atoms with Gasteiger partial charge in [-0.2, -0.15) is 4.99 Å². The molecule has 3 heterocycles. The molecule has 202 valence electrons. The molecule has 3 aliphatic rings. The maximum atomic E-state index is 14.5. The Labute approximate surface area is 223 Å². The first-order valence-electron chi connectivity index (χ1n) is 13.0. The molecule has 1 N–H and O–H groups in total. The van der Waals surface area contributed by atoms with Crippen LogP contribution in [-0.2, 0) is 19.4 Å². The largest absolute Gasteiger partial charge is 0.473 e. The molecule has 1 unspecified atom stereocenters. The molecular weight excluding hydrogens is 507 g/mol. The Morgan fingerprint density at radius 3 is 2.47 bits per heavy atom. The fourth-order valence-electron chi connectivity index (χ4n) is 5.33. The summed E-state index contributed by atoms with van der Waals surface area (Å²) >= 11 is 0. The number of halogens is 1. The van der Waals surface area contributed by atoms with Crippen molar-refractivity contribution >= 4 is 27.3 Å². The molecular formula is C28H33FN4O4S. The number of benzene rings is 2. The summed E-state index contributed by atoms with van der Waals surface area (Å²) in [6, 6.07) is 13.2. The van der Waals surface area contributed by atoms with Gasteiger partial charge in [0, 0.05) is 43.1 Å². The van der Waals surface area contributed by atoms with Crippen LogP contribution < -0.4 is 5.32 Å². The van der Waals surface area contributed by atoms with E-state index in [1.54, 1.807) is 0 Å². The number of anilines is 1. The second-order valence-corrected chi connectivity index (χ2v) is 12.0. The Balaban J connectivity index is 1.22. The van der Waals surface area contributed by atoms with E-state index in [1.165, 1.54) is 17.7 Å². The lowest BCUT2D eigenvalue weighted by Crippen LogP contribution is -2.47. The van der Waals surface area contributed by atoms with E-state index >= 15 is 0 Å². The first-order valence-corrected chi connectivity index (χ1v) is 14.9. The van der Waals surface area contributed by atoms with E-state index in [-0.39, 0.29) is 22.5 Å². The van der Waals surface area contributed by atoms with Crippen LogP contribution in [0.15, 0.2) is 69.8 Å². The number of aliphatic imine (C=N–C) groups is 1. The number of carbonyl (C=O) groups excluding carboxylic acids is 1. The van der Waals surface area contributed by atoms with Crippen molar-refractivity contribution < 1.29 is 22.3 Å². The van der Waals surface area contributed by atoms with Gasteiger partial charge in [-0.3, -0.25) is 4.79 Å². The zero-order chi connectivity index (χ0) is 26.9. The van der Waals surface area contributed by atoms with E-state index in [2.05, 4.69) is 17.1 Å². The van der Waals surface area contributed by atoms with Crippen molar-refractivity contribution in [1.82, 2.24) is 9.80 Å². The van der Waals surface area contributed by atoms with Gasteiger partial charge in [-0.15, -0.1) is 0 Å². The minimum absolute atomic E-state index is 0.0426. The van der Waals surface area contributed by atoms with E-state index in [1.807, 2.05) is 35.2 Å². The summed E-state index contributed by atoms with van der Waals surface area (Å²) in [7, 11) is -3.50. The number of carbonyl (C=O) groups is 1. The number of amides is 1. The quantitative estimate of drug-likeness (QED) is 0.575. The Morgan fingerprint density at radius 2 is 1.82 bits per heavy atom. The molecule has 0 aliphatic carbocycles. The molecule has 0 spiro atoms. The monoisotopic (exact) mass is 540 g/mol. The number of likely N-dealkylation sites (tertiary alicyclic amines) is 2. The topological polar surface area (TPSA) is 91.3 Å². The van der Waals surface area contributed by atoms with Crippen molar-refractivity contribution in [1.29, 1.82) is 0 Å². The van der Waals surface area contributed by atoms with Crippen molar-refractivity contribution in [2.24, 2.45) is 4.99 Å². The highest BCUT2D eigenvalue weighted by Crippen LogP contribution is 2.30. The van der Waals surface area contributed by atoms with Crippen LogP contribution >= 0.6 is 0 Å². The van der Waals surface area contributed by atoms with Gasteiger partial charge >= 0.3 is 0 Å². The second kappa shape index (κ2) is 10.8. The van der Waals surface area contributed by atoms with Gasteiger partial charge in [0.05, 0.1) is 10.6 Å². The molecule has 38 heavy (non-hydrogen) atoms. The van der Waals surface area contributed by atoms with E-state index in [4.69, 9.17) is 9.73 Å². The van der Waals surface area contributed by atoms with Gasteiger partial charge in [-0.25, -0.2) is 12.8 Å². The fourth-order valence-corrected chi connectivity index (χ4v) is 5.96. The molecule has 2 saturated heterocycles. The van der Waals surface area contributed by atoms with Crippen molar-refractivity contribution in [3.8, 4) is 0 Å². The zero-order valence-electron chi connectivity index (χ0n) is 21.7. The molecule has 5 rings (SSSR count).